The Morgan fingerprint density at radius 1 is 1.23 bits per heavy atom. The van der Waals surface area contributed by atoms with Gasteiger partial charge in [-0.05, 0) is 42.5 Å². The quantitative estimate of drug-likeness (QED) is 0.838. The molecule has 1 aromatic rings. The molecule has 0 unspecified atom stereocenters. The summed E-state index contributed by atoms with van der Waals surface area (Å²) in [4.78, 5) is 14.5. The SMILES string of the molecule is N#CC1(C(=O)N2CC=C(c3ccc(F)cc3)CC2)CCCC1. The molecule has 1 aliphatic carbocycles. The minimum Gasteiger partial charge on any atom is -0.337 e. The van der Waals surface area contributed by atoms with Gasteiger partial charge in [0.1, 0.15) is 11.2 Å². The fraction of sp³-hybridized carbons (Fsp3) is 0.444. The highest BCUT2D eigenvalue weighted by Crippen LogP contribution is 2.39. The Morgan fingerprint density at radius 2 is 1.91 bits per heavy atom. The van der Waals surface area contributed by atoms with Crippen molar-refractivity contribution in [3.63, 3.8) is 0 Å². The summed E-state index contributed by atoms with van der Waals surface area (Å²) in [6, 6.07) is 8.72. The van der Waals surface area contributed by atoms with Gasteiger partial charge in [-0.1, -0.05) is 31.1 Å². The molecule has 22 heavy (non-hydrogen) atoms. The summed E-state index contributed by atoms with van der Waals surface area (Å²) in [6.07, 6.45) is 6.07. The Morgan fingerprint density at radius 3 is 2.45 bits per heavy atom. The van der Waals surface area contributed by atoms with Crippen LogP contribution in [0.2, 0.25) is 0 Å². The first-order valence-corrected chi connectivity index (χ1v) is 7.80. The van der Waals surface area contributed by atoms with E-state index in [-0.39, 0.29) is 11.7 Å². The lowest BCUT2D eigenvalue weighted by atomic mass is 9.85. The molecule has 0 radical (unpaired) electrons. The Bertz CT molecular complexity index is 636. The van der Waals surface area contributed by atoms with E-state index in [4.69, 9.17) is 0 Å². The second-order valence-electron chi connectivity index (χ2n) is 6.14. The largest absolute Gasteiger partial charge is 0.337 e. The van der Waals surface area contributed by atoms with E-state index >= 15 is 0 Å². The number of halogens is 1. The topological polar surface area (TPSA) is 44.1 Å². The van der Waals surface area contributed by atoms with Gasteiger partial charge < -0.3 is 4.90 Å². The highest BCUT2D eigenvalue weighted by Gasteiger charge is 2.44. The van der Waals surface area contributed by atoms with Crippen LogP contribution in [-0.4, -0.2) is 23.9 Å². The molecule has 1 aromatic carbocycles. The van der Waals surface area contributed by atoms with Crippen LogP contribution in [0.15, 0.2) is 30.3 Å². The average molecular weight is 298 g/mol. The lowest BCUT2D eigenvalue weighted by Gasteiger charge is -2.32. The average Bonchev–Trinajstić information content (AvgIpc) is 3.05. The van der Waals surface area contributed by atoms with Gasteiger partial charge in [0, 0.05) is 13.1 Å². The molecule has 1 fully saturated rings. The second-order valence-corrected chi connectivity index (χ2v) is 6.14. The Kier molecular flexibility index (Phi) is 3.98. The summed E-state index contributed by atoms with van der Waals surface area (Å²) in [6.45, 7) is 1.17. The van der Waals surface area contributed by atoms with Gasteiger partial charge in [-0.25, -0.2) is 4.39 Å². The monoisotopic (exact) mass is 298 g/mol. The van der Waals surface area contributed by atoms with Crippen LogP contribution < -0.4 is 0 Å². The Balaban J connectivity index is 1.72. The van der Waals surface area contributed by atoms with Crippen LogP contribution >= 0.6 is 0 Å². The molecule has 0 saturated heterocycles. The highest BCUT2D eigenvalue weighted by atomic mass is 19.1. The van der Waals surface area contributed by atoms with Gasteiger partial charge in [-0.3, -0.25) is 4.79 Å². The Labute approximate surface area is 130 Å². The van der Waals surface area contributed by atoms with Crippen LogP contribution in [0.25, 0.3) is 5.57 Å². The van der Waals surface area contributed by atoms with Crippen molar-refractivity contribution in [3.05, 3.63) is 41.7 Å². The fourth-order valence-electron chi connectivity index (χ4n) is 3.43. The standard InChI is InChI=1S/C18H19FN2O/c19-16-5-3-14(4-6-16)15-7-11-21(12-8-15)17(22)18(13-20)9-1-2-10-18/h3-7H,1-2,8-12H2. The molecular weight excluding hydrogens is 279 g/mol. The zero-order valence-corrected chi connectivity index (χ0v) is 12.5. The van der Waals surface area contributed by atoms with Gasteiger partial charge in [0.05, 0.1) is 6.07 Å². The van der Waals surface area contributed by atoms with Crippen molar-refractivity contribution >= 4 is 11.5 Å². The summed E-state index contributed by atoms with van der Waals surface area (Å²) < 4.78 is 13.0. The predicted molar refractivity (Wildman–Crippen MR) is 82.1 cm³/mol. The summed E-state index contributed by atoms with van der Waals surface area (Å²) in [5.74, 6) is -0.254. The number of nitrogens with zero attached hydrogens (tertiary/aromatic N) is 2. The van der Waals surface area contributed by atoms with Crippen LogP contribution in [0.1, 0.15) is 37.7 Å². The molecule has 0 spiro atoms. The van der Waals surface area contributed by atoms with Crippen LogP contribution in [0.4, 0.5) is 4.39 Å². The first-order chi connectivity index (χ1) is 10.6. The summed E-state index contributed by atoms with van der Waals surface area (Å²) in [5, 5.41) is 9.43. The van der Waals surface area contributed by atoms with Crippen molar-refractivity contribution in [3.8, 4) is 6.07 Å². The van der Waals surface area contributed by atoms with E-state index in [1.165, 1.54) is 12.1 Å². The number of hydrogen-bond donors (Lipinski definition) is 0. The summed E-state index contributed by atoms with van der Waals surface area (Å²) >= 11 is 0. The van der Waals surface area contributed by atoms with Crippen LogP contribution in [0.3, 0.4) is 0 Å². The number of benzene rings is 1. The molecule has 1 saturated carbocycles. The first kappa shape index (κ1) is 14.8. The van der Waals surface area contributed by atoms with Crippen LogP contribution in [0, 0.1) is 22.6 Å². The van der Waals surface area contributed by atoms with Crippen molar-refractivity contribution in [2.75, 3.05) is 13.1 Å². The zero-order valence-electron chi connectivity index (χ0n) is 12.5. The molecule has 1 aliphatic heterocycles. The molecule has 0 aromatic heterocycles. The first-order valence-electron chi connectivity index (χ1n) is 7.80. The highest BCUT2D eigenvalue weighted by molar-refractivity contribution is 5.86. The van der Waals surface area contributed by atoms with Gasteiger partial charge in [0.2, 0.25) is 5.91 Å². The molecule has 1 heterocycles. The fourth-order valence-corrected chi connectivity index (χ4v) is 3.43. The molecule has 0 atom stereocenters. The molecule has 1 amide bonds. The number of nitriles is 1. The lowest BCUT2D eigenvalue weighted by Crippen LogP contribution is -2.43. The van der Waals surface area contributed by atoms with Crippen molar-refractivity contribution < 1.29 is 9.18 Å². The van der Waals surface area contributed by atoms with Crippen molar-refractivity contribution in [2.24, 2.45) is 5.41 Å². The summed E-state index contributed by atoms with van der Waals surface area (Å²) in [5.41, 5.74) is 1.35. The minimum atomic E-state index is -0.790. The maximum Gasteiger partial charge on any atom is 0.243 e. The third-order valence-corrected chi connectivity index (χ3v) is 4.79. The smallest absolute Gasteiger partial charge is 0.243 e. The number of hydrogen-bond acceptors (Lipinski definition) is 2. The van der Waals surface area contributed by atoms with Crippen LogP contribution in [0.5, 0.6) is 0 Å². The molecule has 3 nitrogen and oxygen atoms in total. The maximum absolute atomic E-state index is 13.0. The molecule has 3 rings (SSSR count). The number of amides is 1. The minimum absolute atomic E-state index is 0.0121. The second kappa shape index (κ2) is 5.92. The molecule has 114 valence electrons. The van der Waals surface area contributed by atoms with Gasteiger partial charge in [-0.15, -0.1) is 0 Å². The van der Waals surface area contributed by atoms with E-state index in [9.17, 15) is 14.4 Å². The van der Waals surface area contributed by atoms with E-state index in [2.05, 4.69) is 6.07 Å². The molecule has 4 heteroatoms. The number of carbonyl (C=O) groups is 1. The van der Waals surface area contributed by atoms with Crippen LogP contribution in [-0.2, 0) is 4.79 Å². The van der Waals surface area contributed by atoms with Gasteiger partial charge in [0.15, 0.2) is 0 Å². The lowest BCUT2D eigenvalue weighted by molar-refractivity contribution is -0.138. The Hall–Kier alpha value is -2.15. The van der Waals surface area contributed by atoms with E-state index in [1.807, 2.05) is 6.08 Å². The number of rotatable bonds is 2. The van der Waals surface area contributed by atoms with Gasteiger partial charge >= 0.3 is 0 Å². The third kappa shape index (κ3) is 2.64. The molecule has 0 bridgehead atoms. The van der Waals surface area contributed by atoms with Gasteiger partial charge in [-0.2, -0.15) is 5.26 Å². The molecule has 0 N–H and O–H groups in total. The molecule has 2 aliphatic rings. The van der Waals surface area contributed by atoms with E-state index < -0.39 is 5.41 Å². The van der Waals surface area contributed by atoms with E-state index in [1.54, 1.807) is 17.0 Å². The van der Waals surface area contributed by atoms with Crippen molar-refractivity contribution in [2.45, 2.75) is 32.1 Å². The van der Waals surface area contributed by atoms with E-state index in [0.717, 1.165) is 30.4 Å². The zero-order chi connectivity index (χ0) is 15.6. The van der Waals surface area contributed by atoms with E-state index in [0.29, 0.717) is 25.9 Å². The number of carbonyl (C=O) groups excluding carboxylic acids is 1. The third-order valence-electron chi connectivity index (χ3n) is 4.79. The van der Waals surface area contributed by atoms with Crippen molar-refractivity contribution in [1.82, 2.24) is 4.90 Å². The maximum atomic E-state index is 13.0. The normalized spacial score (nSPS) is 20.4. The predicted octanol–water partition coefficient (Wildman–Crippen LogP) is 3.53. The summed E-state index contributed by atoms with van der Waals surface area (Å²) in [7, 11) is 0. The van der Waals surface area contributed by atoms with Crippen molar-refractivity contribution in [1.29, 1.82) is 5.26 Å². The molecular formula is C18H19FN2O. The van der Waals surface area contributed by atoms with Gasteiger partial charge in [0.25, 0.3) is 0 Å².